The van der Waals surface area contributed by atoms with E-state index in [0.717, 1.165) is 34.0 Å². The van der Waals surface area contributed by atoms with Crippen LogP contribution in [0.5, 0.6) is 5.75 Å². The van der Waals surface area contributed by atoms with Crippen molar-refractivity contribution in [2.24, 2.45) is 0 Å². The summed E-state index contributed by atoms with van der Waals surface area (Å²) in [6.07, 6.45) is 3.76. The number of aromatic nitrogens is 1. The van der Waals surface area contributed by atoms with Gasteiger partial charge in [-0.15, -0.1) is 0 Å². The Bertz CT molecular complexity index is 1410. The molecule has 170 valence electrons. The summed E-state index contributed by atoms with van der Waals surface area (Å²) in [4.78, 5) is 27.2. The molecule has 1 aliphatic rings. The predicted molar refractivity (Wildman–Crippen MR) is 139 cm³/mol. The monoisotopic (exact) mass is 508 g/mol. The first-order valence-electron chi connectivity index (χ1n) is 10.5. The van der Waals surface area contributed by atoms with Crippen molar-refractivity contribution in [3.8, 4) is 5.75 Å². The molecule has 0 atom stereocenters. The molecule has 8 heteroatoms. The zero-order chi connectivity index (χ0) is 23.7. The number of ether oxygens (including phenoxy) is 1. The number of anilines is 1. The standard InChI is InChI=1S/C26H18Cl2N2O3S/c27-18-5-9-20(10-6-18)30-25(31)24(34-26(30)32)15-17-16-29(23-4-2-1-3-22(17)23)13-14-33-21-11-7-19(28)8-12-21/h1-12,15-16H,13-14H2/b24-15-. The van der Waals surface area contributed by atoms with Crippen LogP contribution < -0.4 is 9.64 Å². The zero-order valence-corrected chi connectivity index (χ0v) is 20.1. The molecule has 1 saturated heterocycles. The molecular formula is C26H18Cl2N2O3S. The van der Waals surface area contributed by atoms with Crippen molar-refractivity contribution in [1.29, 1.82) is 0 Å². The van der Waals surface area contributed by atoms with Gasteiger partial charge in [0.15, 0.2) is 0 Å². The molecule has 5 nitrogen and oxygen atoms in total. The number of rotatable bonds is 6. The lowest BCUT2D eigenvalue weighted by Gasteiger charge is -2.12. The van der Waals surface area contributed by atoms with Gasteiger partial charge in [-0.2, -0.15) is 0 Å². The highest BCUT2D eigenvalue weighted by molar-refractivity contribution is 8.19. The third-order valence-corrected chi connectivity index (χ3v) is 6.77. The molecule has 1 aromatic heterocycles. The molecule has 0 unspecified atom stereocenters. The van der Waals surface area contributed by atoms with Crippen LogP contribution in [0.1, 0.15) is 5.56 Å². The van der Waals surface area contributed by atoms with E-state index in [1.807, 2.05) is 42.6 Å². The maximum atomic E-state index is 13.0. The molecule has 5 rings (SSSR count). The number of amides is 2. The van der Waals surface area contributed by atoms with Crippen molar-refractivity contribution in [2.45, 2.75) is 6.54 Å². The van der Waals surface area contributed by atoms with Gasteiger partial charge in [-0.1, -0.05) is 41.4 Å². The van der Waals surface area contributed by atoms with Gasteiger partial charge >= 0.3 is 0 Å². The van der Waals surface area contributed by atoms with Gasteiger partial charge in [0.2, 0.25) is 0 Å². The minimum Gasteiger partial charge on any atom is -0.492 e. The lowest BCUT2D eigenvalue weighted by atomic mass is 10.1. The first kappa shape index (κ1) is 22.6. The number of carbonyl (C=O) groups excluding carboxylic acids is 2. The number of fused-ring (bicyclic) bond motifs is 1. The van der Waals surface area contributed by atoms with Crippen molar-refractivity contribution in [2.75, 3.05) is 11.5 Å². The first-order valence-corrected chi connectivity index (χ1v) is 12.1. The molecule has 0 N–H and O–H groups in total. The first-order chi connectivity index (χ1) is 16.5. The number of thioether (sulfide) groups is 1. The van der Waals surface area contributed by atoms with E-state index in [0.29, 0.717) is 33.8 Å². The lowest BCUT2D eigenvalue weighted by Crippen LogP contribution is -2.27. The molecular weight excluding hydrogens is 491 g/mol. The minimum atomic E-state index is -0.347. The summed E-state index contributed by atoms with van der Waals surface area (Å²) < 4.78 is 7.93. The number of hydrogen-bond donors (Lipinski definition) is 0. The van der Waals surface area contributed by atoms with Gasteiger partial charge in [0.25, 0.3) is 11.1 Å². The van der Waals surface area contributed by atoms with Crippen molar-refractivity contribution in [3.63, 3.8) is 0 Å². The Morgan fingerprint density at radius 1 is 0.882 bits per heavy atom. The van der Waals surface area contributed by atoms with Crippen LogP contribution in [0.2, 0.25) is 10.0 Å². The largest absolute Gasteiger partial charge is 0.492 e. The van der Waals surface area contributed by atoms with Crippen LogP contribution in [0.3, 0.4) is 0 Å². The molecule has 1 fully saturated rings. The van der Waals surface area contributed by atoms with Gasteiger partial charge < -0.3 is 9.30 Å². The van der Waals surface area contributed by atoms with Crippen molar-refractivity contribution < 1.29 is 14.3 Å². The van der Waals surface area contributed by atoms with E-state index in [9.17, 15) is 9.59 Å². The van der Waals surface area contributed by atoms with Crippen LogP contribution in [0, 0.1) is 0 Å². The molecule has 4 aromatic rings. The van der Waals surface area contributed by atoms with E-state index in [1.165, 1.54) is 4.90 Å². The summed E-state index contributed by atoms with van der Waals surface area (Å²) in [5, 5.41) is 1.86. The molecule has 2 heterocycles. The maximum absolute atomic E-state index is 13.0. The van der Waals surface area contributed by atoms with Gasteiger partial charge in [0.05, 0.1) is 17.1 Å². The smallest absolute Gasteiger partial charge is 0.298 e. The molecule has 0 spiro atoms. The second kappa shape index (κ2) is 9.58. The quantitative estimate of drug-likeness (QED) is 0.257. The highest BCUT2D eigenvalue weighted by Gasteiger charge is 2.36. The molecule has 1 aliphatic heterocycles. The normalized spacial score (nSPS) is 15.0. The average Bonchev–Trinajstić information content (AvgIpc) is 3.32. The van der Waals surface area contributed by atoms with Crippen LogP contribution in [0.4, 0.5) is 10.5 Å². The van der Waals surface area contributed by atoms with E-state index in [1.54, 1.807) is 42.5 Å². The van der Waals surface area contributed by atoms with Crippen LogP contribution in [-0.4, -0.2) is 22.3 Å². The summed E-state index contributed by atoms with van der Waals surface area (Å²) in [5.74, 6) is 0.400. The zero-order valence-electron chi connectivity index (χ0n) is 17.8. The summed E-state index contributed by atoms with van der Waals surface area (Å²) in [7, 11) is 0. The summed E-state index contributed by atoms with van der Waals surface area (Å²) in [6, 6.07) is 21.8. The number of hydrogen-bond acceptors (Lipinski definition) is 4. The van der Waals surface area contributed by atoms with Crippen molar-refractivity contribution >= 4 is 68.8 Å². The fraction of sp³-hybridized carbons (Fsp3) is 0.0769. The fourth-order valence-corrected chi connectivity index (χ4v) is 4.87. The molecule has 2 amide bonds. The molecule has 0 radical (unpaired) electrons. The number of imide groups is 1. The molecule has 34 heavy (non-hydrogen) atoms. The highest BCUT2D eigenvalue weighted by Crippen LogP contribution is 2.37. The van der Waals surface area contributed by atoms with Gasteiger partial charge in [0.1, 0.15) is 12.4 Å². The third kappa shape index (κ3) is 4.57. The Balaban J connectivity index is 1.39. The fourth-order valence-electron chi connectivity index (χ4n) is 3.79. The Kier molecular flexibility index (Phi) is 6.37. The maximum Gasteiger partial charge on any atom is 0.298 e. The molecule has 0 bridgehead atoms. The van der Waals surface area contributed by atoms with Crippen LogP contribution in [0.25, 0.3) is 17.0 Å². The Morgan fingerprint density at radius 3 is 2.29 bits per heavy atom. The average molecular weight is 509 g/mol. The Hall–Kier alpha value is -3.19. The predicted octanol–water partition coefficient (Wildman–Crippen LogP) is 7.27. The topological polar surface area (TPSA) is 51.5 Å². The Labute approximate surface area is 210 Å². The number of carbonyl (C=O) groups is 2. The third-order valence-electron chi connectivity index (χ3n) is 5.40. The molecule has 3 aromatic carbocycles. The van der Waals surface area contributed by atoms with E-state index >= 15 is 0 Å². The molecule has 0 saturated carbocycles. The van der Waals surface area contributed by atoms with Gasteiger partial charge in [0, 0.05) is 32.7 Å². The number of para-hydroxylation sites is 1. The minimum absolute atomic E-state index is 0.335. The summed E-state index contributed by atoms with van der Waals surface area (Å²) in [5.41, 5.74) is 2.38. The van der Waals surface area contributed by atoms with E-state index in [-0.39, 0.29) is 11.1 Å². The van der Waals surface area contributed by atoms with Crippen LogP contribution in [0.15, 0.2) is 83.9 Å². The molecule has 0 aliphatic carbocycles. The second-order valence-corrected chi connectivity index (χ2v) is 9.46. The van der Waals surface area contributed by atoms with Crippen LogP contribution >= 0.6 is 35.0 Å². The number of halogens is 2. The number of nitrogens with zero attached hydrogens (tertiary/aromatic N) is 2. The van der Waals surface area contributed by atoms with Gasteiger partial charge in [-0.3, -0.25) is 9.59 Å². The van der Waals surface area contributed by atoms with E-state index in [4.69, 9.17) is 27.9 Å². The summed E-state index contributed by atoms with van der Waals surface area (Å²) >= 11 is 12.8. The second-order valence-electron chi connectivity index (χ2n) is 7.59. The summed E-state index contributed by atoms with van der Waals surface area (Å²) in [6.45, 7) is 1.08. The highest BCUT2D eigenvalue weighted by atomic mass is 35.5. The lowest BCUT2D eigenvalue weighted by molar-refractivity contribution is -0.113. The number of benzene rings is 3. The Morgan fingerprint density at radius 2 is 1.56 bits per heavy atom. The SMILES string of the molecule is O=C1S/C(=C\c2cn(CCOc3ccc(Cl)cc3)c3ccccc23)C(=O)N1c1ccc(Cl)cc1. The van der Waals surface area contributed by atoms with Crippen molar-refractivity contribution in [3.05, 3.63) is 99.5 Å². The van der Waals surface area contributed by atoms with Gasteiger partial charge in [-0.05, 0) is 72.4 Å². The van der Waals surface area contributed by atoms with Crippen LogP contribution in [-0.2, 0) is 11.3 Å². The van der Waals surface area contributed by atoms with E-state index < -0.39 is 0 Å². The van der Waals surface area contributed by atoms with Gasteiger partial charge in [-0.25, -0.2) is 4.90 Å². The van der Waals surface area contributed by atoms with Crippen molar-refractivity contribution in [1.82, 2.24) is 4.57 Å². The van der Waals surface area contributed by atoms with E-state index in [2.05, 4.69) is 4.57 Å².